The molecule has 0 aromatic heterocycles. The fourth-order valence-electron chi connectivity index (χ4n) is 2.73. The van der Waals surface area contributed by atoms with E-state index in [0.29, 0.717) is 13.0 Å². The van der Waals surface area contributed by atoms with E-state index in [1.54, 1.807) is 12.1 Å². The van der Waals surface area contributed by atoms with Crippen LogP contribution in [0.2, 0.25) is 0 Å². The van der Waals surface area contributed by atoms with Gasteiger partial charge < -0.3 is 16.2 Å². The number of nitrogens with two attached hydrogens (primary N) is 1. The number of hydrogen-bond donors (Lipinski definition) is 3. The van der Waals surface area contributed by atoms with E-state index in [9.17, 15) is 22.4 Å². The van der Waals surface area contributed by atoms with Gasteiger partial charge in [0.1, 0.15) is 5.82 Å². The summed E-state index contributed by atoms with van der Waals surface area (Å²) < 4.78 is 44.6. The van der Waals surface area contributed by atoms with E-state index in [2.05, 4.69) is 5.32 Å². The monoisotopic (exact) mass is 436 g/mol. The van der Waals surface area contributed by atoms with Gasteiger partial charge in [-0.3, -0.25) is 4.79 Å². The van der Waals surface area contributed by atoms with E-state index in [-0.39, 0.29) is 11.7 Å². The number of rotatable bonds is 5. The van der Waals surface area contributed by atoms with Crippen molar-refractivity contribution in [3.63, 3.8) is 0 Å². The lowest BCUT2D eigenvalue weighted by molar-refractivity contribution is -0.192. The predicted octanol–water partition coefficient (Wildman–Crippen LogP) is 3.80. The van der Waals surface area contributed by atoms with Gasteiger partial charge in [0, 0.05) is 6.54 Å². The van der Waals surface area contributed by atoms with Gasteiger partial charge in [-0.15, -0.1) is 0 Å². The second-order valence-electron chi connectivity index (χ2n) is 6.60. The summed E-state index contributed by atoms with van der Waals surface area (Å²) in [6.07, 6.45) is -4.71. The maximum absolute atomic E-state index is 12.9. The average molecular weight is 436 g/mol. The molecular weight excluding hydrogens is 416 g/mol. The van der Waals surface area contributed by atoms with Crippen LogP contribution in [0.15, 0.2) is 66.7 Å². The number of carbonyl (C=O) groups is 2. The SMILES string of the molecule is NC(Cc1ccc(F)cc1)C(=O)NCc1cccc2ccccc12.O=C(O)C(F)(F)F. The first-order valence-electron chi connectivity index (χ1n) is 9.12. The van der Waals surface area contributed by atoms with Crippen molar-refractivity contribution in [1.82, 2.24) is 5.32 Å². The van der Waals surface area contributed by atoms with Gasteiger partial charge >= 0.3 is 12.1 Å². The van der Waals surface area contributed by atoms with Gasteiger partial charge in [-0.1, -0.05) is 54.6 Å². The molecule has 1 unspecified atom stereocenters. The molecule has 0 saturated heterocycles. The highest BCUT2D eigenvalue weighted by Gasteiger charge is 2.38. The molecule has 164 valence electrons. The number of aliphatic carboxylic acids is 1. The minimum atomic E-state index is -5.08. The zero-order chi connectivity index (χ0) is 23.0. The fourth-order valence-corrected chi connectivity index (χ4v) is 2.73. The molecule has 0 saturated carbocycles. The maximum atomic E-state index is 12.9. The number of hydrogen-bond acceptors (Lipinski definition) is 3. The molecule has 3 aromatic rings. The number of halogens is 4. The van der Waals surface area contributed by atoms with Crippen LogP contribution in [-0.4, -0.2) is 29.2 Å². The Morgan fingerprint density at radius 1 is 0.968 bits per heavy atom. The fraction of sp³-hybridized carbons (Fsp3) is 0.182. The van der Waals surface area contributed by atoms with Crippen molar-refractivity contribution in [2.45, 2.75) is 25.2 Å². The smallest absolute Gasteiger partial charge is 0.475 e. The highest BCUT2D eigenvalue weighted by atomic mass is 19.4. The topological polar surface area (TPSA) is 92.4 Å². The summed E-state index contributed by atoms with van der Waals surface area (Å²) in [5.74, 6) is -3.27. The first kappa shape index (κ1) is 23.8. The molecule has 5 nitrogen and oxygen atoms in total. The van der Waals surface area contributed by atoms with Crippen molar-refractivity contribution in [2.24, 2.45) is 5.73 Å². The van der Waals surface area contributed by atoms with Gasteiger partial charge in [-0.2, -0.15) is 13.2 Å². The van der Waals surface area contributed by atoms with Gasteiger partial charge in [0.2, 0.25) is 5.91 Å². The largest absolute Gasteiger partial charge is 0.490 e. The number of carboxylic acids is 1. The standard InChI is InChI=1S/C20H19FN2O.C2HF3O2/c21-17-10-8-14(9-11-17)12-19(22)20(24)23-13-16-6-3-5-15-4-1-2-7-18(15)16;3-2(4,5)1(6)7/h1-11,19H,12-13,22H2,(H,23,24);(H,6,7). The number of alkyl halides is 3. The van der Waals surface area contributed by atoms with E-state index < -0.39 is 18.2 Å². The number of amides is 1. The molecule has 0 aliphatic heterocycles. The molecule has 0 radical (unpaired) electrons. The van der Waals surface area contributed by atoms with Gasteiger partial charge in [0.05, 0.1) is 6.04 Å². The van der Waals surface area contributed by atoms with Crippen LogP contribution in [-0.2, 0) is 22.6 Å². The number of carboxylic acid groups (broad SMARTS) is 1. The molecule has 3 aromatic carbocycles. The zero-order valence-electron chi connectivity index (χ0n) is 16.2. The van der Waals surface area contributed by atoms with Crippen LogP contribution in [0.25, 0.3) is 10.8 Å². The Kier molecular flexibility index (Phi) is 8.09. The summed E-state index contributed by atoms with van der Waals surface area (Å²) >= 11 is 0. The van der Waals surface area contributed by atoms with Crippen LogP contribution in [0.5, 0.6) is 0 Å². The molecule has 1 atom stereocenters. The van der Waals surface area contributed by atoms with Crippen molar-refractivity contribution >= 4 is 22.6 Å². The molecule has 3 rings (SSSR count). The van der Waals surface area contributed by atoms with Crippen molar-refractivity contribution in [1.29, 1.82) is 0 Å². The summed E-state index contributed by atoms with van der Waals surface area (Å²) in [6.45, 7) is 0.428. The van der Waals surface area contributed by atoms with Crippen molar-refractivity contribution < 1.29 is 32.3 Å². The molecule has 0 spiro atoms. The van der Waals surface area contributed by atoms with E-state index in [1.165, 1.54) is 12.1 Å². The molecule has 1 amide bonds. The molecule has 4 N–H and O–H groups in total. The Balaban J connectivity index is 0.000000423. The third-order valence-corrected chi connectivity index (χ3v) is 4.28. The number of benzene rings is 3. The summed E-state index contributed by atoms with van der Waals surface area (Å²) in [5.41, 5.74) is 7.85. The summed E-state index contributed by atoms with van der Waals surface area (Å²) in [7, 11) is 0. The Morgan fingerprint density at radius 3 is 2.16 bits per heavy atom. The quantitative estimate of drug-likeness (QED) is 0.531. The van der Waals surface area contributed by atoms with E-state index >= 15 is 0 Å². The summed E-state index contributed by atoms with van der Waals surface area (Å²) in [6, 6.07) is 19.4. The van der Waals surface area contributed by atoms with Gasteiger partial charge in [0.25, 0.3) is 0 Å². The zero-order valence-corrected chi connectivity index (χ0v) is 16.2. The Labute approximate surface area is 175 Å². The third kappa shape index (κ3) is 7.38. The second-order valence-corrected chi connectivity index (χ2v) is 6.60. The molecule has 0 aliphatic rings. The Morgan fingerprint density at radius 2 is 1.55 bits per heavy atom. The lowest BCUT2D eigenvalue weighted by Gasteiger charge is -2.13. The van der Waals surface area contributed by atoms with Crippen LogP contribution in [0.1, 0.15) is 11.1 Å². The molecule has 0 bridgehead atoms. The highest BCUT2D eigenvalue weighted by molar-refractivity contribution is 5.87. The van der Waals surface area contributed by atoms with Crippen LogP contribution in [0.4, 0.5) is 17.6 Å². The number of fused-ring (bicyclic) bond motifs is 1. The highest BCUT2D eigenvalue weighted by Crippen LogP contribution is 2.18. The average Bonchev–Trinajstić information content (AvgIpc) is 2.73. The minimum absolute atomic E-state index is 0.216. The third-order valence-electron chi connectivity index (χ3n) is 4.28. The number of nitrogens with one attached hydrogen (secondary N) is 1. The van der Waals surface area contributed by atoms with Gasteiger partial charge in [-0.25, -0.2) is 9.18 Å². The van der Waals surface area contributed by atoms with Crippen LogP contribution >= 0.6 is 0 Å². The number of carbonyl (C=O) groups excluding carboxylic acids is 1. The van der Waals surface area contributed by atoms with Crippen LogP contribution in [0.3, 0.4) is 0 Å². The minimum Gasteiger partial charge on any atom is -0.475 e. The molecule has 0 fully saturated rings. The molecule has 31 heavy (non-hydrogen) atoms. The van der Waals surface area contributed by atoms with Crippen molar-refractivity contribution in [3.05, 3.63) is 83.7 Å². The van der Waals surface area contributed by atoms with Crippen LogP contribution < -0.4 is 11.1 Å². The molecule has 0 aliphatic carbocycles. The summed E-state index contributed by atoms with van der Waals surface area (Å²) in [4.78, 5) is 21.1. The molecule has 0 heterocycles. The Bertz CT molecular complexity index is 1030. The lowest BCUT2D eigenvalue weighted by Crippen LogP contribution is -2.41. The van der Waals surface area contributed by atoms with E-state index in [1.807, 2.05) is 42.5 Å². The van der Waals surface area contributed by atoms with Gasteiger partial charge in [-0.05, 0) is 40.5 Å². The Hall–Kier alpha value is -3.46. The van der Waals surface area contributed by atoms with E-state index in [4.69, 9.17) is 15.6 Å². The van der Waals surface area contributed by atoms with Crippen molar-refractivity contribution in [3.8, 4) is 0 Å². The van der Waals surface area contributed by atoms with Crippen molar-refractivity contribution in [2.75, 3.05) is 0 Å². The first-order chi connectivity index (χ1) is 14.6. The van der Waals surface area contributed by atoms with Crippen LogP contribution in [0, 0.1) is 5.82 Å². The van der Waals surface area contributed by atoms with Gasteiger partial charge in [0.15, 0.2) is 0 Å². The first-order valence-corrected chi connectivity index (χ1v) is 9.12. The maximum Gasteiger partial charge on any atom is 0.490 e. The van der Waals surface area contributed by atoms with E-state index in [0.717, 1.165) is 21.9 Å². The lowest BCUT2D eigenvalue weighted by atomic mass is 10.0. The predicted molar refractivity (Wildman–Crippen MR) is 108 cm³/mol. The summed E-state index contributed by atoms with van der Waals surface area (Å²) in [5, 5.41) is 12.3. The normalized spacial score (nSPS) is 11.9. The second kappa shape index (κ2) is 10.5. The molecular formula is C22H20F4N2O3. The molecule has 9 heteroatoms.